The number of rotatable bonds is 4. The van der Waals surface area contributed by atoms with Crippen molar-refractivity contribution in [2.24, 2.45) is 29.1 Å². The molecule has 0 saturated heterocycles. The van der Waals surface area contributed by atoms with Crippen LogP contribution >= 0.6 is 15.9 Å². The topological polar surface area (TPSA) is 66.4 Å². The van der Waals surface area contributed by atoms with Crippen molar-refractivity contribution in [1.29, 1.82) is 0 Å². The standard InChI is InChI=1S/C18H19BrFNO3/c19-11-3-1-9(15(20)6-11)8-21-16(22)12-5-10-2-4-13(12)18(10)7-14(18)17(23)24/h1,3,6,10,12-14H,2,4-5,7-8H2,(H,21,22)(H,23,24)/t10-,12-,13+,14?,18?/m1/s1. The monoisotopic (exact) mass is 395 g/mol. The van der Waals surface area contributed by atoms with Gasteiger partial charge in [0, 0.05) is 22.5 Å². The van der Waals surface area contributed by atoms with Crippen molar-refractivity contribution in [1.82, 2.24) is 5.32 Å². The highest BCUT2D eigenvalue weighted by molar-refractivity contribution is 9.10. The van der Waals surface area contributed by atoms with Gasteiger partial charge >= 0.3 is 5.97 Å². The third-order valence-electron chi connectivity index (χ3n) is 6.45. The number of halogens is 2. The Balaban J connectivity index is 1.42. The van der Waals surface area contributed by atoms with E-state index in [2.05, 4.69) is 21.2 Å². The molecule has 1 spiro atoms. The average Bonchev–Trinajstić information content (AvgIpc) is 3.12. The van der Waals surface area contributed by atoms with Crippen molar-refractivity contribution in [2.75, 3.05) is 0 Å². The molecule has 1 amide bonds. The van der Waals surface area contributed by atoms with Crippen molar-refractivity contribution in [3.8, 4) is 0 Å². The molecule has 1 aromatic carbocycles. The number of carboxylic acids is 1. The molecule has 3 saturated carbocycles. The van der Waals surface area contributed by atoms with Gasteiger partial charge in [0.25, 0.3) is 0 Å². The smallest absolute Gasteiger partial charge is 0.307 e. The third kappa shape index (κ3) is 2.30. The van der Waals surface area contributed by atoms with Crippen molar-refractivity contribution in [3.05, 3.63) is 34.1 Å². The van der Waals surface area contributed by atoms with E-state index in [0.717, 1.165) is 25.7 Å². The Kier molecular flexibility index (Phi) is 3.71. The van der Waals surface area contributed by atoms with Gasteiger partial charge in [0.1, 0.15) is 5.82 Å². The maximum absolute atomic E-state index is 13.9. The van der Waals surface area contributed by atoms with Crippen LogP contribution in [0.5, 0.6) is 0 Å². The summed E-state index contributed by atoms with van der Waals surface area (Å²) in [6.07, 6.45) is 3.49. The molecule has 4 nitrogen and oxygen atoms in total. The van der Waals surface area contributed by atoms with E-state index in [1.807, 2.05) is 0 Å². The zero-order chi connectivity index (χ0) is 17.1. The van der Waals surface area contributed by atoms with Crippen LogP contribution in [-0.2, 0) is 16.1 Å². The number of nitrogens with one attached hydrogen (secondary N) is 1. The Labute approximate surface area is 147 Å². The fourth-order valence-electron chi connectivity index (χ4n) is 5.35. The molecule has 0 aromatic heterocycles. The molecule has 128 valence electrons. The minimum absolute atomic E-state index is 0.0556. The van der Waals surface area contributed by atoms with E-state index < -0.39 is 5.97 Å². The van der Waals surface area contributed by atoms with Crippen LogP contribution < -0.4 is 5.32 Å². The Morgan fingerprint density at radius 1 is 1.38 bits per heavy atom. The van der Waals surface area contributed by atoms with Gasteiger partial charge in [-0.15, -0.1) is 0 Å². The number of hydrogen-bond acceptors (Lipinski definition) is 2. The summed E-state index contributed by atoms with van der Waals surface area (Å²) in [6.45, 7) is 0.168. The summed E-state index contributed by atoms with van der Waals surface area (Å²) in [7, 11) is 0. The minimum Gasteiger partial charge on any atom is -0.481 e. The molecule has 2 N–H and O–H groups in total. The van der Waals surface area contributed by atoms with Gasteiger partial charge in [0.05, 0.1) is 5.92 Å². The van der Waals surface area contributed by atoms with E-state index in [1.54, 1.807) is 12.1 Å². The second kappa shape index (κ2) is 5.55. The highest BCUT2D eigenvalue weighted by Crippen LogP contribution is 2.75. The lowest BCUT2D eigenvalue weighted by molar-refractivity contribution is -0.140. The van der Waals surface area contributed by atoms with E-state index >= 15 is 0 Å². The summed E-state index contributed by atoms with van der Waals surface area (Å²) in [4.78, 5) is 23.9. The lowest BCUT2D eigenvalue weighted by Crippen LogP contribution is -2.34. The highest BCUT2D eigenvalue weighted by Gasteiger charge is 2.73. The number of carboxylic acid groups (broad SMARTS) is 1. The van der Waals surface area contributed by atoms with Gasteiger partial charge < -0.3 is 10.4 Å². The molecule has 5 atom stereocenters. The van der Waals surface area contributed by atoms with Crippen LogP contribution in [0.1, 0.15) is 31.2 Å². The SMILES string of the molecule is O=C(O)C1CC12[C@@H]1CC[C@H]2[C@H](C(=O)NCc2ccc(Br)cc2F)C1. The average molecular weight is 396 g/mol. The molecule has 1 aromatic rings. The predicted molar refractivity (Wildman–Crippen MR) is 88.4 cm³/mol. The Hall–Kier alpha value is -1.43. The summed E-state index contributed by atoms with van der Waals surface area (Å²) in [5.41, 5.74) is 0.329. The maximum atomic E-state index is 13.9. The van der Waals surface area contributed by atoms with Crippen LogP contribution in [0, 0.1) is 34.9 Å². The molecule has 3 aliphatic carbocycles. The molecular weight excluding hydrogens is 377 g/mol. The highest BCUT2D eigenvalue weighted by atomic mass is 79.9. The van der Waals surface area contributed by atoms with E-state index in [0.29, 0.717) is 16.0 Å². The van der Waals surface area contributed by atoms with Gasteiger partial charge in [-0.25, -0.2) is 4.39 Å². The minimum atomic E-state index is -0.718. The zero-order valence-corrected chi connectivity index (χ0v) is 14.7. The van der Waals surface area contributed by atoms with Crippen LogP contribution in [0.2, 0.25) is 0 Å². The van der Waals surface area contributed by atoms with Gasteiger partial charge in [-0.2, -0.15) is 0 Å². The van der Waals surface area contributed by atoms with E-state index in [-0.39, 0.29) is 41.4 Å². The number of carbonyl (C=O) groups is 2. The summed E-state index contributed by atoms with van der Waals surface area (Å²) >= 11 is 3.21. The first-order valence-electron chi connectivity index (χ1n) is 8.38. The van der Waals surface area contributed by atoms with E-state index in [1.165, 1.54) is 6.07 Å². The largest absolute Gasteiger partial charge is 0.481 e. The number of aliphatic carboxylic acids is 1. The predicted octanol–water partition coefficient (Wildman–Crippen LogP) is 3.34. The number of hydrogen-bond donors (Lipinski definition) is 2. The fraction of sp³-hybridized carbons (Fsp3) is 0.556. The zero-order valence-electron chi connectivity index (χ0n) is 13.1. The summed E-state index contributed by atoms with van der Waals surface area (Å²) in [5.74, 6) is -0.961. The molecule has 0 heterocycles. The van der Waals surface area contributed by atoms with Crippen LogP contribution in [0.4, 0.5) is 4.39 Å². The van der Waals surface area contributed by atoms with Gasteiger partial charge in [-0.05, 0) is 55.1 Å². The molecule has 2 unspecified atom stereocenters. The summed E-state index contributed by atoms with van der Waals surface area (Å²) in [6, 6.07) is 4.79. The van der Waals surface area contributed by atoms with Crippen molar-refractivity contribution >= 4 is 27.8 Å². The lowest BCUT2D eigenvalue weighted by atomic mass is 9.85. The lowest BCUT2D eigenvalue weighted by Gasteiger charge is -2.22. The van der Waals surface area contributed by atoms with Crippen LogP contribution in [0.25, 0.3) is 0 Å². The molecule has 0 aliphatic heterocycles. The molecule has 2 bridgehead atoms. The first-order chi connectivity index (χ1) is 11.4. The first-order valence-corrected chi connectivity index (χ1v) is 9.17. The van der Waals surface area contributed by atoms with Crippen molar-refractivity contribution < 1.29 is 19.1 Å². The number of amides is 1. The number of benzene rings is 1. The molecule has 3 fully saturated rings. The third-order valence-corrected chi connectivity index (χ3v) is 6.94. The second-order valence-electron chi connectivity index (χ2n) is 7.38. The molecule has 4 rings (SSSR count). The summed E-state index contributed by atoms with van der Waals surface area (Å²) in [5, 5.41) is 12.2. The molecule has 6 heteroatoms. The van der Waals surface area contributed by atoms with Gasteiger partial charge in [0.15, 0.2) is 0 Å². The molecule has 3 aliphatic rings. The Bertz CT molecular complexity index is 724. The Morgan fingerprint density at radius 3 is 2.83 bits per heavy atom. The number of carbonyl (C=O) groups excluding carboxylic acids is 1. The van der Waals surface area contributed by atoms with Crippen molar-refractivity contribution in [2.45, 2.75) is 32.2 Å². The van der Waals surface area contributed by atoms with Crippen molar-refractivity contribution in [3.63, 3.8) is 0 Å². The quantitative estimate of drug-likeness (QED) is 0.821. The van der Waals surface area contributed by atoms with Crippen LogP contribution in [0.15, 0.2) is 22.7 Å². The first kappa shape index (κ1) is 16.1. The van der Waals surface area contributed by atoms with Crippen LogP contribution in [-0.4, -0.2) is 17.0 Å². The van der Waals surface area contributed by atoms with Gasteiger partial charge in [0.2, 0.25) is 5.91 Å². The fourth-order valence-corrected chi connectivity index (χ4v) is 5.68. The normalized spacial score (nSPS) is 36.1. The molecule has 24 heavy (non-hydrogen) atoms. The van der Waals surface area contributed by atoms with Gasteiger partial charge in [-0.3, -0.25) is 9.59 Å². The second-order valence-corrected chi connectivity index (χ2v) is 8.30. The van der Waals surface area contributed by atoms with E-state index in [4.69, 9.17) is 0 Å². The van der Waals surface area contributed by atoms with Crippen LogP contribution in [0.3, 0.4) is 0 Å². The maximum Gasteiger partial charge on any atom is 0.307 e. The van der Waals surface area contributed by atoms with Gasteiger partial charge in [-0.1, -0.05) is 22.0 Å². The Morgan fingerprint density at radius 2 is 2.17 bits per heavy atom. The molecular formula is C18H19BrFNO3. The van der Waals surface area contributed by atoms with E-state index in [9.17, 15) is 19.1 Å². The molecule has 0 radical (unpaired) electrons. The summed E-state index contributed by atoms with van der Waals surface area (Å²) < 4.78 is 14.5.